The van der Waals surface area contributed by atoms with E-state index < -0.39 is 0 Å². The maximum atomic E-state index is 12.1. The summed E-state index contributed by atoms with van der Waals surface area (Å²) in [6, 6.07) is 0. The van der Waals surface area contributed by atoms with Crippen LogP contribution in [-0.4, -0.2) is 24.9 Å². The first-order valence-corrected chi connectivity index (χ1v) is 10.2. The van der Waals surface area contributed by atoms with Crippen LogP contribution < -0.4 is 10.6 Å². The molecule has 0 saturated heterocycles. The Labute approximate surface area is 149 Å². The molecule has 0 radical (unpaired) electrons. The second-order valence-electron chi connectivity index (χ2n) is 6.78. The third-order valence-electron chi connectivity index (χ3n) is 4.74. The smallest absolute Gasteiger partial charge is 0.223 e. The zero-order chi connectivity index (χ0) is 18.2. The lowest BCUT2D eigenvalue weighted by molar-refractivity contribution is -0.126. The van der Waals surface area contributed by atoms with E-state index in [1.54, 1.807) is 0 Å². The van der Waals surface area contributed by atoms with E-state index in [1.165, 1.54) is 0 Å². The molecule has 0 heterocycles. The largest absolute Gasteiger partial charge is 0.356 e. The van der Waals surface area contributed by atoms with Crippen molar-refractivity contribution >= 4 is 11.8 Å². The van der Waals surface area contributed by atoms with Gasteiger partial charge in [-0.05, 0) is 38.5 Å². The van der Waals surface area contributed by atoms with Crippen molar-refractivity contribution in [3.8, 4) is 0 Å². The second kappa shape index (κ2) is 15.5. The lowest BCUT2D eigenvalue weighted by Gasteiger charge is -2.15. The van der Waals surface area contributed by atoms with Gasteiger partial charge in [0.1, 0.15) is 0 Å². The molecule has 0 aliphatic carbocycles. The summed E-state index contributed by atoms with van der Waals surface area (Å²) >= 11 is 0. The number of carbonyl (C=O) groups is 2. The standard InChI is InChI=1S/C20H40N2O2/c1-5-9-13-17(7-3)19(23)21-15-11-12-16-22-20(24)18(8-4)14-10-6-2/h17-18H,5-16H2,1-4H3,(H,21,23)(H,22,24)/t17-,18+. The van der Waals surface area contributed by atoms with E-state index in [4.69, 9.17) is 0 Å². The predicted octanol–water partition coefficient (Wildman–Crippen LogP) is 4.43. The quantitative estimate of drug-likeness (QED) is 0.433. The van der Waals surface area contributed by atoms with Crippen molar-refractivity contribution in [2.45, 2.75) is 91.9 Å². The minimum Gasteiger partial charge on any atom is -0.356 e. The Morgan fingerprint density at radius 1 is 0.667 bits per heavy atom. The van der Waals surface area contributed by atoms with Crippen molar-refractivity contribution in [3.63, 3.8) is 0 Å². The van der Waals surface area contributed by atoms with Crippen molar-refractivity contribution in [3.05, 3.63) is 0 Å². The first kappa shape index (κ1) is 22.9. The average molecular weight is 341 g/mol. The fraction of sp³-hybridized carbons (Fsp3) is 0.900. The summed E-state index contributed by atoms with van der Waals surface area (Å²) in [6.07, 6.45) is 10.2. The summed E-state index contributed by atoms with van der Waals surface area (Å²) in [6.45, 7) is 9.90. The van der Waals surface area contributed by atoms with Gasteiger partial charge in [-0.3, -0.25) is 9.59 Å². The molecule has 142 valence electrons. The van der Waals surface area contributed by atoms with Gasteiger partial charge in [-0.2, -0.15) is 0 Å². The van der Waals surface area contributed by atoms with Gasteiger partial charge >= 0.3 is 0 Å². The molecule has 0 unspecified atom stereocenters. The molecule has 0 saturated carbocycles. The van der Waals surface area contributed by atoms with Crippen molar-refractivity contribution in [1.82, 2.24) is 10.6 Å². The van der Waals surface area contributed by atoms with Crippen LogP contribution in [0.2, 0.25) is 0 Å². The van der Waals surface area contributed by atoms with Crippen molar-refractivity contribution in [2.24, 2.45) is 11.8 Å². The molecule has 2 N–H and O–H groups in total. The predicted molar refractivity (Wildman–Crippen MR) is 102 cm³/mol. The van der Waals surface area contributed by atoms with Crippen LogP contribution in [0.5, 0.6) is 0 Å². The molecule has 4 nitrogen and oxygen atoms in total. The molecule has 0 bridgehead atoms. The molecule has 0 aromatic rings. The van der Waals surface area contributed by atoms with Gasteiger partial charge in [-0.1, -0.05) is 53.4 Å². The molecule has 0 fully saturated rings. The highest BCUT2D eigenvalue weighted by Crippen LogP contribution is 2.13. The van der Waals surface area contributed by atoms with E-state index in [-0.39, 0.29) is 23.7 Å². The number of rotatable bonds is 15. The Hall–Kier alpha value is -1.06. The van der Waals surface area contributed by atoms with E-state index in [0.29, 0.717) is 13.1 Å². The molecule has 2 atom stereocenters. The highest BCUT2D eigenvalue weighted by molar-refractivity contribution is 5.78. The van der Waals surface area contributed by atoms with Crippen molar-refractivity contribution in [1.29, 1.82) is 0 Å². The number of unbranched alkanes of at least 4 members (excludes halogenated alkanes) is 3. The van der Waals surface area contributed by atoms with E-state index in [9.17, 15) is 9.59 Å². The third kappa shape index (κ3) is 10.7. The van der Waals surface area contributed by atoms with Gasteiger partial charge < -0.3 is 10.6 Å². The normalized spacial score (nSPS) is 13.3. The minimum atomic E-state index is 0.161. The van der Waals surface area contributed by atoms with Crippen LogP contribution in [-0.2, 0) is 9.59 Å². The van der Waals surface area contributed by atoms with Gasteiger partial charge in [0, 0.05) is 24.9 Å². The van der Waals surface area contributed by atoms with Crippen LogP contribution in [0, 0.1) is 11.8 Å². The number of nitrogens with one attached hydrogen (secondary N) is 2. The molecule has 0 aliphatic rings. The van der Waals surface area contributed by atoms with Crippen LogP contribution in [0.3, 0.4) is 0 Å². The minimum absolute atomic E-state index is 0.161. The van der Waals surface area contributed by atoms with Crippen LogP contribution in [0.4, 0.5) is 0 Å². The zero-order valence-electron chi connectivity index (χ0n) is 16.5. The van der Waals surface area contributed by atoms with Gasteiger partial charge in [-0.15, -0.1) is 0 Å². The molecule has 0 rings (SSSR count). The summed E-state index contributed by atoms with van der Waals surface area (Å²) in [5, 5.41) is 6.08. The first-order chi connectivity index (χ1) is 11.6. The molecular formula is C20H40N2O2. The Morgan fingerprint density at radius 2 is 1.04 bits per heavy atom. The Balaban J connectivity index is 3.78. The fourth-order valence-electron chi connectivity index (χ4n) is 2.90. The van der Waals surface area contributed by atoms with Gasteiger partial charge in [0.25, 0.3) is 0 Å². The molecule has 24 heavy (non-hydrogen) atoms. The van der Waals surface area contributed by atoms with E-state index in [0.717, 1.165) is 64.2 Å². The van der Waals surface area contributed by atoms with Gasteiger partial charge in [-0.25, -0.2) is 0 Å². The Kier molecular flexibility index (Phi) is 14.8. The molecule has 4 heteroatoms. The van der Waals surface area contributed by atoms with E-state index in [1.807, 2.05) is 0 Å². The highest BCUT2D eigenvalue weighted by Gasteiger charge is 2.16. The monoisotopic (exact) mass is 340 g/mol. The third-order valence-corrected chi connectivity index (χ3v) is 4.74. The number of amides is 2. The van der Waals surface area contributed by atoms with Crippen LogP contribution in [0.1, 0.15) is 91.9 Å². The maximum absolute atomic E-state index is 12.1. The van der Waals surface area contributed by atoms with E-state index >= 15 is 0 Å². The summed E-state index contributed by atoms with van der Waals surface area (Å²) in [5.41, 5.74) is 0. The van der Waals surface area contributed by atoms with Crippen LogP contribution in [0.25, 0.3) is 0 Å². The SMILES string of the molecule is CCCC[C@@H](CC)C(=O)NCCCCNC(=O)[C@@H](CC)CCCC. The van der Waals surface area contributed by atoms with Crippen molar-refractivity contribution in [2.75, 3.05) is 13.1 Å². The zero-order valence-corrected chi connectivity index (χ0v) is 16.5. The molecule has 0 aliphatic heterocycles. The highest BCUT2D eigenvalue weighted by atomic mass is 16.2. The van der Waals surface area contributed by atoms with Crippen molar-refractivity contribution < 1.29 is 9.59 Å². The molecule has 0 aromatic carbocycles. The summed E-state index contributed by atoms with van der Waals surface area (Å²) in [4.78, 5) is 24.1. The van der Waals surface area contributed by atoms with Gasteiger partial charge in [0.2, 0.25) is 11.8 Å². The second-order valence-corrected chi connectivity index (χ2v) is 6.78. The lowest BCUT2D eigenvalue weighted by Crippen LogP contribution is -2.33. The summed E-state index contributed by atoms with van der Waals surface area (Å²) in [7, 11) is 0. The fourth-order valence-corrected chi connectivity index (χ4v) is 2.90. The number of hydrogen-bond donors (Lipinski definition) is 2. The molecular weight excluding hydrogens is 300 g/mol. The summed E-state index contributed by atoms with van der Waals surface area (Å²) < 4.78 is 0. The molecule has 2 amide bonds. The number of hydrogen-bond acceptors (Lipinski definition) is 2. The Morgan fingerprint density at radius 3 is 1.33 bits per heavy atom. The summed E-state index contributed by atoms with van der Waals surface area (Å²) in [5.74, 6) is 0.711. The topological polar surface area (TPSA) is 58.2 Å². The van der Waals surface area contributed by atoms with E-state index in [2.05, 4.69) is 38.3 Å². The average Bonchev–Trinajstić information content (AvgIpc) is 2.59. The molecule has 0 spiro atoms. The van der Waals surface area contributed by atoms with Crippen LogP contribution >= 0.6 is 0 Å². The molecule has 0 aromatic heterocycles. The maximum Gasteiger partial charge on any atom is 0.223 e. The Bertz CT molecular complexity index is 300. The first-order valence-electron chi connectivity index (χ1n) is 10.2. The number of carbonyl (C=O) groups excluding carboxylic acids is 2. The van der Waals surface area contributed by atoms with Gasteiger partial charge in [0.15, 0.2) is 0 Å². The van der Waals surface area contributed by atoms with Gasteiger partial charge in [0.05, 0.1) is 0 Å². The van der Waals surface area contributed by atoms with Crippen LogP contribution in [0.15, 0.2) is 0 Å². The lowest BCUT2D eigenvalue weighted by atomic mass is 9.98.